The van der Waals surface area contributed by atoms with Crippen LogP contribution in [-0.2, 0) is 11.2 Å². The van der Waals surface area contributed by atoms with Crippen LogP contribution in [0, 0.1) is 17.8 Å². The number of methoxy groups -OCH3 is 1. The molecular weight excluding hydrogens is 562 g/mol. The Labute approximate surface area is 255 Å². The number of aromatic nitrogens is 1. The Kier molecular flexibility index (Phi) is 6.90. The number of carbonyl (C=O) groups excluding carboxylic acids is 2. The summed E-state index contributed by atoms with van der Waals surface area (Å²) >= 11 is 6.34. The van der Waals surface area contributed by atoms with Gasteiger partial charge in [0.05, 0.1) is 12.6 Å². The second-order valence-corrected chi connectivity index (χ2v) is 13.1. The molecule has 1 aromatic heterocycles. The summed E-state index contributed by atoms with van der Waals surface area (Å²) in [6, 6.07) is 21.8. The van der Waals surface area contributed by atoms with Crippen LogP contribution in [0.3, 0.4) is 0 Å². The van der Waals surface area contributed by atoms with Gasteiger partial charge in [-0.1, -0.05) is 41.9 Å². The number of hydrogen-bond acceptors (Lipinski definition) is 5. The number of benzene rings is 3. The third kappa shape index (κ3) is 4.94. The van der Waals surface area contributed by atoms with E-state index in [1.807, 2.05) is 42.5 Å². The van der Waals surface area contributed by atoms with Crippen LogP contribution in [0.1, 0.15) is 64.1 Å². The van der Waals surface area contributed by atoms with Gasteiger partial charge in [0.25, 0.3) is 5.91 Å². The fraction of sp³-hybridized carbons (Fsp3) is 0.343. The number of ether oxygens (including phenoxy) is 1. The van der Waals surface area contributed by atoms with Gasteiger partial charge in [0.1, 0.15) is 5.69 Å². The van der Waals surface area contributed by atoms with Gasteiger partial charge in [-0.25, -0.2) is 4.79 Å². The highest BCUT2D eigenvalue weighted by Crippen LogP contribution is 2.54. The van der Waals surface area contributed by atoms with Gasteiger partial charge in [-0.3, -0.25) is 9.59 Å². The summed E-state index contributed by atoms with van der Waals surface area (Å²) in [5.74, 6) is 0.892. The average molecular weight is 596 g/mol. The number of esters is 1. The molecule has 0 saturated heterocycles. The lowest BCUT2D eigenvalue weighted by molar-refractivity contribution is -0.0278. The van der Waals surface area contributed by atoms with Crippen LogP contribution in [0.2, 0.25) is 5.02 Å². The Balaban J connectivity index is 1.21. The maximum Gasteiger partial charge on any atom is 0.355 e. The Morgan fingerprint density at radius 2 is 1.70 bits per heavy atom. The lowest BCUT2D eigenvalue weighted by atomic mass is 9.51. The van der Waals surface area contributed by atoms with Gasteiger partial charge in [0.15, 0.2) is 5.43 Å². The normalized spacial score (nSPS) is 25.6. The molecule has 4 aromatic rings. The minimum atomic E-state index is -0.622. The van der Waals surface area contributed by atoms with Crippen molar-refractivity contribution in [3.63, 3.8) is 0 Å². The zero-order chi connectivity index (χ0) is 29.9. The zero-order valence-electron chi connectivity index (χ0n) is 24.0. The molecule has 43 heavy (non-hydrogen) atoms. The molecule has 4 fully saturated rings. The van der Waals surface area contributed by atoms with Gasteiger partial charge in [-0.15, -0.1) is 0 Å². The van der Waals surface area contributed by atoms with Crippen molar-refractivity contribution in [3.05, 3.63) is 110 Å². The van der Waals surface area contributed by atoms with E-state index in [0.29, 0.717) is 50.5 Å². The van der Waals surface area contributed by atoms with E-state index in [9.17, 15) is 14.4 Å². The second-order valence-electron chi connectivity index (χ2n) is 12.7. The van der Waals surface area contributed by atoms with Crippen molar-refractivity contribution in [3.8, 4) is 5.69 Å². The maximum atomic E-state index is 13.9. The number of pyridine rings is 1. The third-order valence-electron chi connectivity index (χ3n) is 9.84. The van der Waals surface area contributed by atoms with E-state index in [4.69, 9.17) is 22.1 Å². The predicted molar refractivity (Wildman–Crippen MR) is 167 cm³/mol. The van der Waals surface area contributed by atoms with Crippen LogP contribution in [0.4, 0.5) is 0 Å². The fourth-order valence-corrected chi connectivity index (χ4v) is 8.43. The molecule has 0 aliphatic heterocycles. The van der Waals surface area contributed by atoms with E-state index < -0.39 is 5.97 Å². The second kappa shape index (κ2) is 10.6. The van der Waals surface area contributed by atoms with Crippen molar-refractivity contribution in [2.24, 2.45) is 23.5 Å². The SMILES string of the molecule is COC(=O)c1c(Cc2ccc(C(=O)N[C@H]3[C@@H]4C[C@H]5C[C@H]3C[C@](N)(C5)C4)cc2)c(=O)c2ccc(Cl)cc2n1-c1ccccc1. The summed E-state index contributed by atoms with van der Waals surface area (Å²) in [7, 11) is 1.30. The topological polar surface area (TPSA) is 103 Å². The molecule has 4 bridgehead atoms. The maximum absolute atomic E-state index is 13.9. The minimum Gasteiger partial charge on any atom is -0.464 e. The van der Waals surface area contributed by atoms with Crippen LogP contribution >= 0.6 is 11.6 Å². The van der Waals surface area contributed by atoms with Gasteiger partial charge >= 0.3 is 5.97 Å². The molecule has 0 unspecified atom stereocenters. The van der Waals surface area contributed by atoms with E-state index in [2.05, 4.69) is 5.32 Å². The predicted octanol–water partition coefficient (Wildman–Crippen LogP) is 5.66. The van der Waals surface area contributed by atoms with Crippen LogP contribution in [0.5, 0.6) is 0 Å². The number of carbonyl (C=O) groups is 2. The zero-order valence-corrected chi connectivity index (χ0v) is 24.8. The molecule has 0 radical (unpaired) electrons. The number of fused-ring (bicyclic) bond motifs is 1. The number of para-hydroxylation sites is 1. The van der Waals surface area contributed by atoms with E-state index in [-0.39, 0.29) is 35.0 Å². The summed E-state index contributed by atoms with van der Waals surface area (Å²) in [5.41, 5.74) is 9.40. The molecule has 0 spiro atoms. The van der Waals surface area contributed by atoms with Crippen LogP contribution in [-0.4, -0.2) is 35.1 Å². The highest BCUT2D eigenvalue weighted by Gasteiger charge is 2.54. The number of nitrogens with one attached hydrogen (secondary N) is 1. The van der Waals surface area contributed by atoms with Crippen LogP contribution in [0.15, 0.2) is 77.6 Å². The molecule has 4 aliphatic carbocycles. The number of amides is 1. The molecule has 8 rings (SSSR count). The Morgan fingerprint density at radius 1 is 1.00 bits per heavy atom. The molecule has 4 aliphatic rings. The van der Waals surface area contributed by atoms with Gasteiger partial charge in [0.2, 0.25) is 0 Å². The van der Waals surface area contributed by atoms with Gasteiger partial charge in [-0.2, -0.15) is 0 Å². The van der Waals surface area contributed by atoms with Gasteiger partial charge in [0, 0.05) is 45.2 Å². The first-order valence-electron chi connectivity index (χ1n) is 14.9. The number of rotatable bonds is 6. The van der Waals surface area contributed by atoms with E-state index in [0.717, 1.165) is 37.7 Å². The van der Waals surface area contributed by atoms with Crippen molar-refractivity contribution in [2.75, 3.05) is 7.11 Å². The number of nitrogens with two attached hydrogens (primary N) is 1. The van der Waals surface area contributed by atoms with Crippen molar-refractivity contribution in [1.29, 1.82) is 0 Å². The Bertz CT molecular complexity index is 1780. The fourth-order valence-electron chi connectivity index (χ4n) is 8.26. The van der Waals surface area contributed by atoms with Crippen molar-refractivity contribution < 1.29 is 14.3 Å². The Hall–Kier alpha value is -3.94. The van der Waals surface area contributed by atoms with Crippen molar-refractivity contribution in [2.45, 2.75) is 50.1 Å². The molecule has 1 heterocycles. The molecule has 5 atom stereocenters. The summed E-state index contributed by atoms with van der Waals surface area (Å²) in [6.07, 6.45) is 5.60. The lowest BCUT2D eigenvalue weighted by Gasteiger charge is -2.58. The molecule has 1 amide bonds. The lowest BCUT2D eigenvalue weighted by Crippen LogP contribution is -2.64. The molecule has 220 valence electrons. The van der Waals surface area contributed by atoms with E-state index in [1.54, 1.807) is 34.9 Å². The molecule has 8 heteroatoms. The molecule has 7 nitrogen and oxygen atoms in total. The average Bonchev–Trinajstić information content (AvgIpc) is 2.99. The molecule has 3 aromatic carbocycles. The summed E-state index contributed by atoms with van der Waals surface area (Å²) in [6.45, 7) is 0. The smallest absolute Gasteiger partial charge is 0.355 e. The quantitative estimate of drug-likeness (QED) is 0.280. The van der Waals surface area contributed by atoms with Crippen LogP contribution in [0.25, 0.3) is 16.6 Å². The van der Waals surface area contributed by atoms with Gasteiger partial charge < -0.3 is 20.4 Å². The number of hydrogen-bond donors (Lipinski definition) is 2. The summed E-state index contributed by atoms with van der Waals surface area (Å²) in [5, 5.41) is 4.23. The highest BCUT2D eigenvalue weighted by atomic mass is 35.5. The number of halogens is 1. The molecular formula is C35H34ClN3O4. The first-order valence-corrected chi connectivity index (χ1v) is 15.3. The first-order chi connectivity index (χ1) is 20.7. The highest BCUT2D eigenvalue weighted by molar-refractivity contribution is 6.31. The Morgan fingerprint density at radius 3 is 2.35 bits per heavy atom. The molecule has 4 saturated carbocycles. The minimum absolute atomic E-state index is 0.0451. The molecule has 3 N–H and O–H groups in total. The van der Waals surface area contributed by atoms with E-state index in [1.165, 1.54) is 7.11 Å². The number of nitrogens with zero attached hydrogens (tertiary/aromatic N) is 1. The van der Waals surface area contributed by atoms with Crippen molar-refractivity contribution in [1.82, 2.24) is 9.88 Å². The standard InChI is InChI=1S/C35H34ClN3O4/c1-43-34(42)31-28(32(40)27-12-11-25(36)16-29(27)39(31)26-5-3-2-4-6-26)15-20-7-9-22(10-8-20)33(41)38-30-23-13-21-14-24(30)19-35(37,17-21)18-23/h2-12,16,21,23-24,30H,13-15,17-19,37H2,1H3,(H,38,41)/t21-,23+,24-,30-,35-. The summed E-state index contributed by atoms with van der Waals surface area (Å²) in [4.78, 5) is 40.5. The van der Waals surface area contributed by atoms with Gasteiger partial charge in [-0.05, 0) is 97.9 Å². The third-order valence-corrected chi connectivity index (χ3v) is 10.1. The summed E-state index contributed by atoms with van der Waals surface area (Å²) < 4.78 is 6.93. The van der Waals surface area contributed by atoms with E-state index >= 15 is 0 Å². The largest absolute Gasteiger partial charge is 0.464 e. The van der Waals surface area contributed by atoms with Crippen LogP contribution < -0.4 is 16.5 Å². The first kappa shape index (κ1) is 27.9. The van der Waals surface area contributed by atoms with Crippen molar-refractivity contribution >= 4 is 34.4 Å². The monoisotopic (exact) mass is 595 g/mol.